The first kappa shape index (κ1) is 22.0. The third kappa shape index (κ3) is 4.72. The smallest absolute Gasteiger partial charge is 0.335 e. The molecule has 3 rings (SSSR count). The van der Waals surface area contributed by atoms with E-state index in [-0.39, 0.29) is 48.9 Å². The van der Waals surface area contributed by atoms with Crippen LogP contribution in [-0.4, -0.2) is 56.5 Å². The van der Waals surface area contributed by atoms with Gasteiger partial charge in [0.05, 0.1) is 36.1 Å². The Morgan fingerprint density at radius 3 is 2.86 bits per heavy atom. The summed E-state index contributed by atoms with van der Waals surface area (Å²) < 4.78 is 57.9. The summed E-state index contributed by atoms with van der Waals surface area (Å²) in [6.45, 7) is 1.50. The van der Waals surface area contributed by atoms with E-state index in [1.165, 1.54) is 12.1 Å². The van der Waals surface area contributed by atoms with Crippen molar-refractivity contribution in [1.82, 2.24) is 0 Å². The Labute approximate surface area is 172 Å². The Kier molecular flexibility index (Phi) is 6.49. The van der Waals surface area contributed by atoms with Gasteiger partial charge in [0.1, 0.15) is 17.2 Å². The minimum atomic E-state index is -4.14. The lowest BCUT2D eigenvalue weighted by molar-refractivity contribution is -0.148. The molecular weight excluding hydrogens is 429 g/mol. The molecule has 3 atom stereocenters. The molecule has 1 aliphatic carbocycles. The highest BCUT2D eigenvalue weighted by atomic mass is 35.5. The fraction of sp³-hybridized carbons (Fsp3) is 0.500. The molecule has 1 aromatic carbocycles. The van der Waals surface area contributed by atoms with Crippen LogP contribution in [0.3, 0.4) is 0 Å². The monoisotopic (exact) mass is 449 g/mol. The molecule has 0 bridgehead atoms. The Morgan fingerprint density at radius 1 is 1.48 bits per heavy atom. The van der Waals surface area contributed by atoms with Crippen LogP contribution in [0.5, 0.6) is 0 Å². The number of ether oxygens (including phenoxy) is 3. The lowest BCUT2D eigenvalue weighted by atomic mass is 9.94. The highest BCUT2D eigenvalue weighted by Gasteiger charge is 2.48. The zero-order valence-corrected chi connectivity index (χ0v) is 17.1. The topological polar surface area (TPSA) is 111 Å². The Balaban J connectivity index is 1.93. The molecule has 1 aliphatic heterocycles. The maximum atomic E-state index is 13.2. The van der Waals surface area contributed by atoms with Crippen molar-refractivity contribution in [2.24, 2.45) is 0 Å². The zero-order valence-electron chi connectivity index (χ0n) is 15.6. The van der Waals surface area contributed by atoms with E-state index in [0.717, 1.165) is 12.1 Å². The van der Waals surface area contributed by atoms with Gasteiger partial charge in [0.25, 0.3) is 0 Å². The average Bonchev–Trinajstić information content (AvgIpc) is 3.06. The van der Waals surface area contributed by atoms with Crippen LogP contribution in [-0.2, 0) is 29.0 Å². The van der Waals surface area contributed by atoms with Gasteiger partial charge in [-0.3, -0.25) is 4.72 Å². The molecule has 1 fully saturated rings. The predicted octanol–water partition coefficient (Wildman–Crippen LogP) is 1.98. The molecule has 1 heterocycles. The molecule has 1 saturated heterocycles. The van der Waals surface area contributed by atoms with Gasteiger partial charge in [0.2, 0.25) is 10.0 Å². The summed E-state index contributed by atoms with van der Waals surface area (Å²) in [5, 5.41) is 7.90. The standard InChI is InChI=1S/C18H21ClFNO7S/c1-2-26-17(23)13-8-18(27-10-12(9-22)28-18)6-5-16(13)29(24,25)21-15-4-3-11(20)7-14(15)19/h3-4,7-8,12,16,21-22H,2,5-6,9-10H2,1H3/t12-,16-,18?/m1/s1. The molecule has 1 spiro atoms. The number of esters is 1. The van der Waals surface area contributed by atoms with Crippen LogP contribution < -0.4 is 4.72 Å². The van der Waals surface area contributed by atoms with E-state index in [1.807, 2.05) is 0 Å². The van der Waals surface area contributed by atoms with Crippen LogP contribution in [0.1, 0.15) is 19.8 Å². The molecule has 0 radical (unpaired) electrons. The molecule has 8 nitrogen and oxygen atoms in total. The lowest BCUT2D eigenvalue weighted by Crippen LogP contribution is -2.42. The number of halogens is 2. The summed E-state index contributed by atoms with van der Waals surface area (Å²) in [6, 6.07) is 3.24. The van der Waals surface area contributed by atoms with E-state index < -0.39 is 39.0 Å². The van der Waals surface area contributed by atoms with Crippen LogP contribution in [0.25, 0.3) is 0 Å². The van der Waals surface area contributed by atoms with Crippen molar-refractivity contribution in [3.05, 3.63) is 40.7 Å². The van der Waals surface area contributed by atoms with Gasteiger partial charge in [0, 0.05) is 6.42 Å². The van der Waals surface area contributed by atoms with Crippen LogP contribution in [0.15, 0.2) is 29.8 Å². The van der Waals surface area contributed by atoms with Crippen molar-refractivity contribution < 1.29 is 36.9 Å². The molecule has 0 aromatic heterocycles. The second-order valence-corrected chi connectivity index (χ2v) is 8.93. The second kappa shape index (κ2) is 8.57. The quantitative estimate of drug-likeness (QED) is 0.639. The molecule has 160 valence electrons. The van der Waals surface area contributed by atoms with Gasteiger partial charge in [-0.05, 0) is 37.6 Å². The van der Waals surface area contributed by atoms with Gasteiger partial charge in [-0.25, -0.2) is 17.6 Å². The average molecular weight is 450 g/mol. The van der Waals surface area contributed by atoms with E-state index in [4.69, 9.17) is 25.8 Å². The number of sulfonamides is 1. The van der Waals surface area contributed by atoms with Crippen LogP contribution in [0, 0.1) is 5.82 Å². The molecule has 1 aromatic rings. The van der Waals surface area contributed by atoms with Gasteiger partial charge in [0.15, 0.2) is 5.79 Å². The first-order valence-corrected chi connectivity index (χ1v) is 10.9. The molecular formula is C18H21ClFNO7S. The van der Waals surface area contributed by atoms with Gasteiger partial charge in [-0.15, -0.1) is 0 Å². The van der Waals surface area contributed by atoms with Crippen LogP contribution in [0.2, 0.25) is 5.02 Å². The van der Waals surface area contributed by atoms with Crippen molar-refractivity contribution >= 4 is 33.3 Å². The maximum absolute atomic E-state index is 13.2. The molecule has 1 unspecified atom stereocenters. The number of rotatable bonds is 6. The molecule has 29 heavy (non-hydrogen) atoms. The van der Waals surface area contributed by atoms with Crippen molar-refractivity contribution in [3.8, 4) is 0 Å². The normalized spacial score (nSPS) is 27.0. The molecule has 2 aliphatic rings. The van der Waals surface area contributed by atoms with Crippen LogP contribution >= 0.6 is 11.6 Å². The van der Waals surface area contributed by atoms with E-state index in [9.17, 15) is 22.7 Å². The Hall–Kier alpha value is -1.72. The Morgan fingerprint density at radius 2 is 2.24 bits per heavy atom. The number of aliphatic hydroxyl groups excluding tert-OH is 1. The SMILES string of the molecule is CCOC(=O)C1=CC2(CC[C@H]1S(=O)(=O)Nc1ccc(F)cc1Cl)OC[C@@H](CO)O2. The number of hydrogen-bond donors (Lipinski definition) is 2. The largest absolute Gasteiger partial charge is 0.463 e. The second-order valence-electron chi connectivity index (χ2n) is 6.66. The first-order chi connectivity index (χ1) is 13.7. The van der Waals surface area contributed by atoms with E-state index >= 15 is 0 Å². The number of anilines is 1. The van der Waals surface area contributed by atoms with E-state index in [0.29, 0.717) is 0 Å². The van der Waals surface area contributed by atoms with Gasteiger partial charge >= 0.3 is 5.97 Å². The number of hydrogen-bond acceptors (Lipinski definition) is 7. The summed E-state index contributed by atoms with van der Waals surface area (Å²) in [7, 11) is -4.14. The minimum Gasteiger partial charge on any atom is -0.463 e. The molecule has 2 N–H and O–H groups in total. The number of benzene rings is 1. The third-order valence-corrected chi connectivity index (χ3v) is 6.69. The number of aliphatic hydroxyl groups is 1. The van der Waals surface area contributed by atoms with Gasteiger partial charge in [-0.1, -0.05) is 11.6 Å². The highest BCUT2D eigenvalue weighted by molar-refractivity contribution is 7.93. The summed E-state index contributed by atoms with van der Waals surface area (Å²) in [6.07, 6.45) is 0.880. The third-order valence-electron chi connectivity index (χ3n) is 4.63. The number of carbonyl (C=O) groups is 1. The van der Waals surface area contributed by atoms with Crippen molar-refractivity contribution in [3.63, 3.8) is 0 Å². The van der Waals surface area contributed by atoms with E-state index in [2.05, 4.69) is 4.72 Å². The fourth-order valence-corrected chi connectivity index (χ4v) is 5.12. The van der Waals surface area contributed by atoms with Crippen molar-refractivity contribution in [2.75, 3.05) is 24.5 Å². The molecule has 11 heteroatoms. The summed E-state index contributed by atoms with van der Waals surface area (Å²) in [5.41, 5.74) is -0.146. The van der Waals surface area contributed by atoms with Crippen molar-refractivity contribution in [2.45, 2.75) is 36.9 Å². The van der Waals surface area contributed by atoms with E-state index in [1.54, 1.807) is 6.92 Å². The number of carbonyl (C=O) groups excluding carboxylic acids is 1. The zero-order chi connectivity index (χ0) is 21.2. The summed E-state index contributed by atoms with van der Waals surface area (Å²) >= 11 is 5.92. The first-order valence-electron chi connectivity index (χ1n) is 8.99. The van der Waals surface area contributed by atoms with Gasteiger partial charge < -0.3 is 19.3 Å². The minimum absolute atomic E-state index is 0.00303. The maximum Gasteiger partial charge on any atom is 0.335 e. The summed E-state index contributed by atoms with van der Waals surface area (Å²) in [4.78, 5) is 12.5. The fourth-order valence-electron chi connectivity index (χ4n) is 3.29. The molecule has 0 amide bonds. The predicted molar refractivity (Wildman–Crippen MR) is 102 cm³/mol. The molecule has 0 saturated carbocycles. The lowest BCUT2D eigenvalue weighted by Gasteiger charge is -2.33. The number of nitrogens with one attached hydrogen (secondary N) is 1. The van der Waals surface area contributed by atoms with Crippen molar-refractivity contribution in [1.29, 1.82) is 0 Å². The highest BCUT2D eigenvalue weighted by Crippen LogP contribution is 2.39. The Bertz CT molecular complexity index is 923. The van der Waals surface area contributed by atoms with Gasteiger partial charge in [-0.2, -0.15) is 0 Å². The summed E-state index contributed by atoms with van der Waals surface area (Å²) in [5.74, 6) is -2.72. The van der Waals surface area contributed by atoms with Crippen LogP contribution in [0.4, 0.5) is 10.1 Å².